The smallest absolute Gasteiger partial charge is 0.0446 e. The Labute approximate surface area is 100 Å². The van der Waals surface area contributed by atoms with Gasteiger partial charge in [-0.05, 0) is 48.1 Å². The molecule has 1 unspecified atom stereocenters. The van der Waals surface area contributed by atoms with Crippen LogP contribution < -0.4 is 0 Å². The maximum Gasteiger partial charge on any atom is 0.0446 e. The number of hydrogen-bond donors (Lipinski definition) is 1. The van der Waals surface area contributed by atoms with Crippen LogP contribution in [0.5, 0.6) is 0 Å². The second kappa shape index (κ2) is 4.63. The van der Waals surface area contributed by atoms with Crippen LogP contribution in [0.1, 0.15) is 41.0 Å². The lowest BCUT2D eigenvalue weighted by Crippen LogP contribution is -2.68. The molecule has 0 aromatic carbocycles. The van der Waals surface area contributed by atoms with Crippen molar-refractivity contribution in [3.63, 3.8) is 0 Å². The molecular formula is C13H28N2O. The van der Waals surface area contributed by atoms with Crippen molar-refractivity contribution in [2.75, 3.05) is 26.7 Å². The summed E-state index contributed by atoms with van der Waals surface area (Å²) in [6, 6.07) is 0.457. The number of aliphatic hydroxyl groups excluding tert-OH is 1. The van der Waals surface area contributed by atoms with Gasteiger partial charge in [0.1, 0.15) is 0 Å². The van der Waals surface area contributed by atoms with Crippen LogP contribution >= 0.6 is 0 Å². The zero-order valence-electron chi connectivity index (χ0n) is 11.7. The summed E-state index contributed by atoms with van der Waals surface area (Å²) in [6.07, 6.45) is 0.866. The molecule has 0 amide bonds. The molecule has 1 aliphatic heterocycles. The number of piperazine rings is 1. The van der Waals surface area contributed by atoms with Gasteiger partial charge in [0.25, 0.3) is 0 Å². The van der Waals surface area contributed by atoms with Crippen LogP contribution in [0, 0.1) is 0 Å². The summed E-state index contributed by atoms with van der Waals surface area (Å²) < 4.78 is 0. The number of hydrogen-bond acceptors (Lipinski definition) is 3. The van der Waals surface area contributed by atoms with E-state index in [0.29, 0.717) is 6.04 Å². The maximum atomic E-state index is 9.21. The van der Waals surface area contributed by atoms with Gasteiger partial charge in [-0.15, -0.1) is 0 Å². The van der Waals surface area contributed by atoms with Gasteiger partial charge in [-0.25, -0.2) is 0 Å². The van der Waals surface area contributed by atoms with Crippen molar-refractivity contribution in [3.8, 4) is 0 Å². The van der Waals surface area contributed by atoms with E-state index < -0.39 is 0 Å². The van der Waals surface area contributed by atoms with Crippen LogP contribution in [0.15, 0.2) is 0 Å². The number of likely N-dealkylation sites (N-methyl/N-ethyl adjacent to an activating group) is 1. The van der Waals surface area contributed by atoms with Crippen LogP contribution in [0.25, 0.3) is 0 Å². The van der Waals surface area contributed by atoms with E-state index in [-0.39, 0.29) is 17.7 Å². The minimum absolute atomic E-state index is 0.157. The van der Waals surface area contributed by atoms with Crippen molar-refractivity contribution in [3.05, 3.63) is 0 Å². The van der Waals surface area contributed by atoms with Crippen LogP contribution in [-0.2, 0) is 0 Å². The van der Waals surface area contributed by atoms with E-state index in [1.54, 1.807) is 0 Å². The second-order valence-corrected chi connectivity index (χ2v) is 6.72. The van der Waals surface area contributed by atoms with Gasteiger partial charge in [0.2, 0.25) is 0 Å². The van der Waals surface area contributed by atoms with Crippen molar-refractivity contribution in [2.24, 2.45) is 0 Å². The molecule has 0 saturated carbocycles. The first-order chi connectivity index (χ1) is 7.18. The SMILES string of the molecule is CN1CC(CCO)N(C(C)(C)C)C(C)(C)C1. The summed E-state index contributed by atoms with van der Waals surface area (Å²) in [5.41, 5.74) is 0.329. The van der Waals surface area contributed by atoms with Crippen LogP contribution in [-0.4, -0.2) is 58.8 Å². The maximum absolute atomic E-state index is 9.21. The van der Waals surface area contributed by atoms with Gasteiger partial charge in [0.15, 0.2) is 0 Å². The number of nitrogens with zero attached hydrogens (tertiary/aromatic N) is 2. The fourth-order valence-corrected chi connectivity index (χ4v) is 3.56. The monoisotopic (exact) mass is 228 g/mol. The van der Waals surface area contributed by atoms with Crippen LogP contribution in [0.3, 0.4) is 0 Å². The average molecular weight is 228 g/mol. The fourth-order valence-electron chi connectivity index (χ4n) is 3.56. The molecule has 0 bridgehead atoms. The lowest BCUT2D eigenvalue weighted by Gasteiger charge is -2.57. The Hall–Kier alpha value is -0.120. The summed E-state index contributed by atoms with van der Waals surface area (Å²) >= 11 is 0. The van der Waals surface area contributed by atoms with E-state index in [1.807, 2.05) is 0 Å². The number of rotatable bonds is 2. The molecule has 0 aliphatic carbocycles. The molecule has 16 heavy (non-hydrogen) atoms. The van der Waals surface area contributed by atoms with Crippen molar-refractivity contribution >= 4 is 0 Å². The Kier molecular flexibility index (Phi) is 4.04. The summed E-state index contributed by atoms with van der Waals surface area (Å²) in [6.45, 7) is 13.8. The Bertz CT molecular complexity index is 233. The topological polar surface area (TPSA) is 26.7 Å². The normalized spacial score (nSPS) is 28.3. The second-order valence-electron chi connectivity index (χ2n) is 6.72. The first-order valence-corrected chi connectivity index (χ1v) is 6.27. The molecule has 1 saturated heterocycles. The summed E-state index contributed by atoms with van der Waals surface area (Å²) in [5, 5.41) is 9.21. The number of aliphatic hydroxyl groups is 1. The third kappa shape index (κ3) is 2.96. The van der Waals surface area contributed by atoms with Gasteiger partial charge >= 0.3 is 0 Å². The molecule has 1 heterocycles. The molecule has 1 aliphatic rings. The van der Waals surface area contributed by atoms with Gasteiger partial charge in [-0.1, -0.05) is 0 Å². The molecule has 1 fully saturated rings. The summed E-state index contributed by atoms with van der Waals surface area (Å²) in [4.78, 5) is 4.96. The minimum atomic E-state index is 0.157. The third-order valence-corrected chi connectivity index (χ3v) is 3.38. The largest absolute Gasteiger partial charge is 0.396 e. The van der Waals surface area contributed by atoms with E-state index in [0.717, 1.165) is 19.5 Å². The first kappa shape index (κ1) is 13.9. The van der Waals surface area contributed by atoms with Gasteiger partial charge < -0.3 is 10.0 Å². The molecule has 3 heteroatoms. The highest BCUT2D eigenvalue weighted by Crippen LogP contribution is 2.33. The van der Waals surface area contributed by atoms with Crippen molar-refractivity contribution in [2.45, 2.75) is 58.2 Å². The highest BCUT2D eigenvalue weighted by atomic mass is 16.3. The van der Waals surface area contributed by atoms with Gasteiger partial charge in [-0.2, -0.15) is 0 Å². The Morgan fingerprint density at radius 1 is 1.31 bits per heavy atom. The standard InChI is InChI=1S/C13H28N2O/c1-12(2,3)15-11(7-8-16)9-14(6)10-13(15,4)5/h11,16H,7-10H2,1-6H3. The zero-order chi connectivity index (χ0) is 12.6. The van der Waals surface area contributed by atoms with E-state index in [9.17, 15) is 5.11 Å². The fraction of sp³-hybridized carbons (Fsp3) is 1.00. The van der Waals surface area contributed by atoms with Gasteiger partial charge in [-0.3, -0.25) is 4.90 Å². The lowest BCUT2D eigenvalue weighted by molar-refractivity contribution is -0.0788. The molecule has 1 atom stereocenters. The van der Waals surface area contributed by atoms with E-state index in [4.69, 9.17) is 0 Å². The third-order valence-electron chi connectivity index (χ3n) is 3.38. The molecule has 0 aromatic heterocycles. The Morgan fingerprint density at radius 2 is 1.88 bits per heavy atom. The highest BCUT2D eigenvalue weighted by Gasteiger charge is 2.43. The first-order valence-electron chi connectivity index (χ1n) is 6.27. The molecule has 96 valence electrons. The van der Waals surface area contributed by atoms with Crippen LogP contribution in [0.4, 0.5) is 0 Å². The molecule has 3 nitrogen and oxygen atoms in total. The van der Waals surface area contributed by atoms with Crippen molar-refractivity contribution in [1.29, 1.82) is 0 Å². The molecule has 1 rings (SSSR count). The lowest BCUT2D eigenvalue weighted by atomic mass is 9.87. The highest BCUT2D eigenvalue weighted by molar-refractivity contribution is 5.00. The van der Waals surface area contributed by atoms with Crippen molar-refractivity contribution < 1.29 is 5.11 Å². The quantitative estimate of drug-likeness (QED) is 0.777. The summed E-state index contributed by atoms with van der Waals surface area (Å²) in [7, 11) is 2.17. The predicted octanol–water partition coefficient (Wildman–Crippen LogP) is 1.56. The average Bonchev–Trinajstić information content (AvgIpc) is 1.96. The summed E-state index contributed by atoms with van der Waals surface area (Å²) in [5.74, 6) is 0. The van der Waals surface area contributed by atoms with Crippen molar-refractivity contribution in [1.82, 2.24) is 9.80 Å². The zero-order valence-corrected chi connectivity index (χ0v) is 11.7. The Morgan fingerprint density at radius 3 is 2.31 bits per heavy atom. The minimum Gasteiger partial charge on any atom is -0.396 e. The molecule has 0 aromatic rings. The Balaban J connectivity index is 2.94. The van der Waals surface area contributed by atoms with E-state index in [1.165, 1.54) is 0 Å². The molecule has 1 N–H and O–H groups in total. The van der Waals surface area contributed by atoms with E-state index >= 15 is 0 Å². The molecular weight excluding hydrogens is 200 g/mol. The predicted molar refractivity (Wildman–Crippen MR) is 68.7 cm³/mol. The van der Waals surface area contributed by atoms with Crippen LogP contribution in [0.2, 0.25) is 0 Å². The van der Waals surface area contributed by atoms with Gasteiger partial charge in [0.05, 0.1) is 0 Å². The van der Waals surface area contributed by atoms with E-state index in [2.05, 4.69) is 51.5 Å². The molecule has 0 spiro atoms. The van der Waals surface area contributed by atoms with Gasteiger partial charge in [0, 0.05) is 36.8 Å². The molecule has 0 radical (unpaired) electrons.